The average Bonchev–Trinajstić information content (AvgIpc) is 2.28. The molecule has 0 aromatic heterocycles. The lowest BCUT2D eigenvalue weighted by molar-refractivity contribution is 0.315. The maximum atomic E-state index is 6.12. The molecular weight excluding hydrogens is 206 g/mol. The summed E-state index contributed by atoms with van der Waals surface area (Å²) in [7, 11) is 0. The molecule has 80 valence electrons. The Labute approximate surface area is 96.4 Å². The topological polar surface area (TPSA) is 3.24 Å². The number of alkyl halides is 1. The Bertz CT molecular complexity index is 321. The summed E-state index contributed by atoms with van der Waals surface area (Å²) < 4.78 is 0. The third-order valence-electron chi connectivity index (χ3n) is 2.67. The second-order valence-corrected chi connectivity index (χ2v) is 4.58. The van der Waals surface area contributed by atoms with Crippen LogP contribution >= 0.6 is 11.6 Å². The van der Waals surface area contributed by atoms with Gasteiger partial charge in [-0.05, 0) is 30.7 Å². The Balaban J connectivity index is 1.93. The molecule has 1 aliphatic rings. The van der Waals surface area contributed by atoms with Crippen LogP contribution in [0.5, 0.6) is 0 Å². The summed E-state index contributed by atoms with van der Waals surface area (Å²) in [5.41, 5.74) is 1.24. The van der Waals surface area contributed by atoms with Crippen molar-refractivity contribution in [3.05, 3.63) is 42.1 Å². The molecular formula is C13H16ClN. The maximum Gasteiger partial charge on any atom is 0.0511 e. The molecule has 0 aliphatic carbocycles. The lowest BCUT2D eigenvalue weighted by Gasteiger charge is -2.28. The highest BCUT2D eigenvalue weighted by Crippen LogP contribution is 2.15. The van der Waals surface area contributed by atoms with Crippen molar-refractivity contribution in [2.75, 3.05) is 13.1 Å². The largest absolute Gasteiger partial charge is 0.376 e. The van der Waals surface area contributed by atoms with Gasteiger partial charge < -0.3 is 4.90 Å². The van der Waals surface area contributed by atoms with Gasteiger partial charge >= 0.3 is 0 Å². The van der Waals surface area contributed by atoms with E-state index < -0.39 is 0 Å². The van der Waals surface area contributed by atoms with E-state index >= 15 is 0 Å². The predicted molar refractivity (Wildman–Crippen MR) is 65.9 cm³/mol. The lowest BCUT2D eigenvalue weighted by Crippen LogP contribution is -2.31. The molecule has 2 rings (SSSR count). The van der Waals surface area contributed by atoms with Crippen molar-refractivity contribution >= 4 is 17.7 Å². The zero-order valence-electron chi connectivity index (χ0n) is 8.77. The molecule has 1 aliphatic heterocycles. The number of hydrogen-bond acceptors (Lipinski definition) is 1. The van der Waals surface area contributed by atoms with Crippen LogP contribution in [0.15, 0.2) is 36.5 Å². The van der Waals surface area contributed by atoms with E-state index in [-0.39, 0.29) is 0 Å². The van der Waals surface area contributed by atoms with E-state index in [4.69, 9.17) is 11.6 Å². The van der Waals surface area contributed by atoms with E-state index in [1.54, 1.807) is 0 Å². The van der Waals surface area contributed by atoms with Crippen LogP contribution in [0, 0.1) is 0 Å². The zero-order valence-corrected chi connectivity index (χ0v) is 9.53. The van der Waals surface area contributed by atoms with Crippen molar-refractivity contribution in [2.45, 2.75) is 18.2 Å². The minimum atomic E-state index is 0.319. The predicted octanol–water partition coefficient (Wildman–Crippen LogP) is 3.36. The zero-order chi connectivity index (χ0) is 10.5. The van der Waals surface area contributed by atoms with Gasteiger partial charge in [0.25, 0.3) is 0 Å². The molecule has 0 bridgehead atoms. The van der Waals surface area contributed by atoms with Crippen molar-refractivity contribution in [1.82, 2.24) is 4.90 Å². The van der Waals surface area contributed by atoms with E-state index in [2.05, 4.69) is 41.4 Å². The van der Waals surface area contributed by atoms with Gasteiger partial charge in [0.2, 0.25) is 0 Å². The minimum absolute atomic E-state index is 0.319. The number of rotatable bonds is 2. The van der Waals surface area contributed by atoms with Crippen LogP contribution in [0.25, 0.3) is 6.08 Å². The Morgan fingerprint density at radius 3 is 2.80 bits per heavy atom. The second kappa shape index (κ2) is 5.22. The first-order chi connectivity index (χ1) is 7.34. The number of benzene rings is 1. The maximum absolute atomic E-state index is 6.12. The van der Waals surface area contributed by atoms with Crippen molar-refractivity contribution in [3.8, 4) is 0 Å². The van der Waals surface area contributed by atoms with E-state index in [0.29, 0.717) is 5.38 Å². The van der Waals surface area contributed by atoms with Crippen LogP contribution in [0.2, 0.25) is 0 Å². The average molecular weight is 222 g/mol. The van der Waals surface area contributed by atoms with Gasteiger partial charge in [-0.3, -0.25) is 0 Å². The van der Waals surface area contributed by atoms with Crippen LogP contribution in [0.1, 0.15) is 18.4 Å². The molecule has 0 unspecified atom stereocenters. The summed E-state index contributed by atoms with van der Waals surface area (Å²) >= 11 is 6.12. The number of halogens is 1. The Kier molecular flexibility index (Phi) is 3.68. The van der Waals surface area contributed by atoms with Gasteiger partial charge in [0.1, 0.15) is 0 Å². The molecule has 0 radical (unpaired) electrons. The first-order valence-electron chi connectivity index (χ1n) is 5.46. The van der Waals surface area contributed by atoms with Gasteiger partial charge in [0, 0.05) is 13.1 Å². The summed E-state index contributed by atoms with van der Waals surface area (Å²) in [6.07, 6.45) is 6.66. The Hall–Kier alpha value is -0.950. The molecule has 0 N–H and O–H groups in total. The highest BCUT2D eigenvalue weighted by atomic mass is 35.5. The van der Waals surface area contributed by atoms with Gasteiger partial charge in [-0.1, -0.05) is 30.3 Å². The second-order valence-electron chi connectivity index (χ2n) is 3.96. The first kappa shape index (κ1) is 10.6. The monoisotopic (exact) mass is 221 g/mol. The van der Waals surface area contributed by atoms with Gasteiger partial charge in [0.05, 0.1) is 5.38 Å². The van der Waals surface area contributed by atoms with Crippen molar-refractivity contribution in [2.24, 2.45) is 0 Å². The van der Waals surface area contributed by atoms with Gasteiger partial charge in [0.15, 0.2) is 0 Å². The molecule has 1 fully saturated rings. The highest BCUT2D eigenvalue weighted by molar-refractivity contribution is 6.20. The minimum Gasteiger partial charge on any atom is -0.376 e. The molecule has 1 aromatic carbocycles. The van der Waals surface area contributed by atoms with E-state index in [1.165, 1.54) is 12.0 Å². The standard InChI is InChI=1S/C13H16ClN/c14-13-7-4-9-15(11-13)10-8-12-5-2-1-3-6-12/h1-3,5-6,8,10,13H,4,7,9,11H2/t13-/m0/s1. The van der Waals surface area contributed by atoms with Crippen LogP contribution in [-0.2, 0) is 0 Å². The molecule has 1 atom stereocenters. The number of hydrogen-bond donors (Lipinski definition) is 0. The van der Waals surface area contributed by atoms with Crippen molar-refractivity contribution < 1.29 is 0 Å². The third kappa shape index (κ3) is 3.28. The highest BCUT2D eigenvalue weighted by Gasteiger charge is 2.14. The summed E-state index contributed by atoms with van der Waals surface area (Å²) in [5.74, 6) is 0. The van der Waals surface area contributed by atoms with Crippen molar-refractivity contribution in [3.63, 3.8) is 0 Å². The quantitative estimate of drug-likeness (QED) is 0.693. The fourth-order valence-corrected chi connectivity index (χ4v) is 2.18. The third-order valence-corrected chi connectivity index (χ3v) is 3.03. The van der Waals surface area contributed by atoms with Crippen LogP contribution in [-0.4, -0.2) is 23.4 Å². The Morgan fingerprint density at radius 1 is 1.27 bits per heavy atom. The SMILES string of the molecule is Cl[C@H]1CCCN(C=Cc2ccccc2)C1. The van der Waals surface area contributed by atoms with Gasteiger partial charge in [-0.25, -0.2) is 0 Å². The lowest BCUT2D eigenvalue weighted by atomic mass is 10.1. The molecule has 2 heteroatoms. The Morgan fingerprint density at radius 2 is 2.07 bits per heavy atom. The van der Waals surface area contributed by atoms with Crippen LogP contribution < -0.4 is 0 Å². The molecule has 1 saturated heterocycles. The molecule has 1 nitrogen and oxygen atoms in total. The van der Waals surface area contributed by atoms with Gasteiger partial charge in [-0.2, -0.15) is 0 Å². The molecule has 0 saturated carbocycles. The van der Waals surface area contributed by atoms with E-state index in [9.17, 15) is 0 Å². The van der Waals surface area contributed by atoms with Gasteiger partial charge in [-0.15, -0.1) is 11.6 Å². The molecule has 0 amide bonds. The number of piperidine rings is 1. The summed E-state index contributed by atoms with van der Waals surface area (Å²) in [6.45, 7) is 2.11. The van der Waals surface area contributed by atoms with Crippen molar-refractivity contribution in [1.29, 1.82) is 0 Å². The molecule has 15 heavy (non-hydrogen) atoms. The van der Waals surface area contributed by atoms with E-state index in [1.807, 2.05) is 6.07 Å². The molecule has 0 spiro atoms. The normalized spacial score (nSPS) is 22.2. The van der Waals surface area contributed by atoms with E-state index in [0.717, 1.165) is 19.5 Å². The summed E-state index contributed by atoms with van der Waals surface area (Å²) in [5, 5.41) is 0.319. The summed E-state index contributed by atoms with van der Waals surface area (Å²) in [6, 6.07) is 10.4. The molecule has 1 aromatic rings. The number of likely N-dealkylation sites (tertiary alicyclic amines) is 1. The molecule has 1 heterocycles. The van der Waals surface area contributed by atoms with Crippen LogP contribution in [0.4, 0.5) is 0 Å². The number of nitrogens with zero attached hydrogens (tertiary/aromatic N) is 1. The fourth-order valence-electron chi connectivity index (χ4n) is 1.84. The first-order valence-corrected chi connectivity index (χ1v) is 5.89. The summed E-state index contributed by atoms with van der Waals surface area (Å²) in [4.78, 5) is 2.30. The fraction of sp³-hybridized carbons (Fsp3) is 0.385. The smallest absolute Gasteiger partial charge is 0.0511 e. The van der Waals surface area contributed by atoms with Crippen LogP contribution in [0.3, 0.4) is 0 Å².